The topological polar surface area (TPSA) is 78.9 Å². The molecule has 0 aliphatic heterocycles. The predicted molar refractivity (Wildman–Crippen MR) is 133 cm³/mol. The summed E-state index contributed by atoms with van der Waals surface area (Å²) in [5.41, 5.74) is 1.65. The molecule has 1 heterocycles. The second-order valence-corrected chi connectivity index (χ2v) is 8.26. The number of nitrogens with zero attached hydrogens (tertiary/aromatic N) is 3. The van der Waals surface area contributed by atoms with E-state index >= 15 is 0 Å². The van der Waals surface area contributed by atoms with Crippen LogP contribution in [0.1, 0.15) is 33.3 Å². The Kier molecular flexibility index (Phi) is 10.3. The minimum Gasteiger partial charge on any atom is -0.444 e. The minimum absolute atomic E-state index is 0. The number of carbonyl (C=O) groups is 1. The van der Waals surface area contributed by atoms with Gasteiger partial charge in [0, 0.05) is 45.3 Å². The number of ether oxygens (including phenoxy) is 1. The lowest BCUT2D eigenvalue weighted by molar-refractivity contribution is 0.0278. The van der Waals surface area contributed by atoms with Gasteiger partial charge < -0.3 is 20.3 Å². The summed E-state index contributed by atoms with van der Waals surface area (Å²) < 4.78 is 5.40. The molecule has 0 fully saturated rings. The van der Waals surface area contributed by atoms with E-state index in [1.165, 1.54) is 0 Å². The van der Waals surface area contributed by atoms with Gasteiger partial charge in [0.2, 0.25) is 0 Å². The summed E-state index contributed by atoms with van der Waals surface area (Å²) in [6.45, 7) is 9.60. The molecule has 2 N–H and O–H groups in total. The van der Waals surface area contributed by atoms with Crippen molar-refractivity contribution in [2.75, 3.05) is 27.2 Å². The van der Waals surface area contributed by atoms with Crippen molar-refractivity contribution in [1.29, 1.82) is 0 Å². The van der Waals surface area contributed by atoms with Gasteiger partial charge in [-0.15, -0.1) is 24.0 Å². The molecule has 2 rings (SSSR count). The van der Waals surface area contributed by atoms with Gasteiger partial charge >= 0.3 is 6.09 Å². The smallest absolute Gasteiger partial charge is 0.410 e. The van der Waals surface area contributed by atoms with E-state index in [0.29, 0.717) is 19.6 Å². The maximum atomic E-state index is 12.1. The van der Waals surface area contributed by atoms with Crippen LogP contribution >= 0.6 is 24.0 Å². The molecule has 1 aromatic heterocycles. The number of amides is 1. The number of benzene rings is 1. The largest absolute Gasteiger partial charge is 0.444 e. The van der Waals surface area contributed by atoms with E-state index < -0.39 is 5.60 Å². The van der Waals surface area contributed by atoms with Crippen LogP contribution in [-0.4, -0.2) is 54.7 Å². The Bertz CT molecular complexity index is 846. The van der Waals surface area contributed by atoms with Crippen molar-refractivity contribution < 1.29 is 9.53 Å². The normalized spacial score (nSPS) is 12.7. The van der Waals surface area contributed by atoms with E-state index in [1.807, 2.05) is 51.2 Å². The third kappa shape index (κ3) is 8.33. The predicted octanol–water partition coefficient (Wildman–Crippen LogP) is 4.02. The highest BCUT2D eigenvalue weighted by molar-refractivity contribution is 14.0. The van der Waals surface area contributed by atoms with Crippen molar-refractivity contribution >= 4 is 46.9 Å². The number of rotatable bonds is 6. The van der Waals surface area contributed by atoms with Gasteiger partial charge in [-0.3, -0.25) is 9.98 Å². The van der Waals surface area contributed by atoms with Gasteiger partial charge in [-0.05, 0) is 44.4 Å². The molecule has 7 nitrogen and oxygen atoms in total. The van der Waals surface area contributed by atoms with Gasteiger partial charge in [-0.2, -0.15) is 0 Å². The number of pyridine rings is 1. The van der Waals surface area contributed by atoms with Gasteiger partial charge in [0.15, 0.2) is 5.96 Å². The molecular weight excluding hydrogens is 493 g/mol. The van der Waals surface area contributed by atoms with Gasteiger partial charge in [-0.1, -0.05) is 25.1 Å². The van der Waals surface area contributed by atoms with Crippen LogP contribution in [0, 0.1) is 5.92 Å². The number of para-hydroxylation sites is 1. The number of hydrogen-bond acceptors (Lipinski definition) is 4. The second-order valence-electron chi connectivity index (χ2n) is 8.26. The Morgan fingerprint density at radius 3 is 2.60 bits per heavy atom. The fraction of sp³-hybridized carbons (Fsp3) is 0.500. The molecule has 0 radical (unpaired) electrons. The molecule has 1 aromatic carbocycles. The fourth-order valence-corrected chi connectivity index (χ4v) is 2.93. The first-order chi connectivity index (χ1) is 13.7. The van der Waals surface area contributed by atoms with Crippen molar-refractivity contribution in [1.82, 2.24) is 20.5 Å². The first-order valence-corrected chi connectivity index (χ1v) is 9.91. The highest BCUT2D eigenvalue weighted by atomic mass is 127. The number of fused-ring (bicyclic) bond motifs is 1. The van der Waals surface area contributed by atoms with Gasteiger partial charge in [0.25, 0.3) is 0 Å². The molecule has 1 atom stereocenters. The molecular formula is C22H34IN5O2. The molecule has 30 heavy (non-hydrogen) atoms. The average molecular weight is 527 g/mol. The first kappa shape index (κ1) is 25.9. The van der Waals surface area contributed by atoms with Crippen molar-refractivity contribution in [3.8, 4) is 0 Å². The monoisotopic (exact) mass is 527 g/mol. The zero-order valence-corrected chi connectivity index (χ0v) is 21.1. The Labute approximate surface area is 196 Å². The molecule has 0 spiro atoms. The zero-order valence-electron chi connectivity index (χ0n) is 18.7. The summed E-state index contributed by atoms with van der Waals surface area (Å²) in [5.74, 6) is 0.950. The lowest BCUT2D eigenvalue weighted by atomic mass is 10.1. The maximum Gasteiger partial charge on any atom is 0.410 e. The number of halogens is 1. The molecule has 0 saturated carbocycles. The third-order valence-corrected chi connectivity index (χ3v) is 4.32. The summed E-state index contributed by atoms with van der Waals surface area (Å²) in [4.78, 5) is 22.4. The summed E-state index contributed by atoms with van der Waals surface area (Å²) in [6.07, 6.45) is 1.51. The van der Waals surface area contributed by atoms with E-state index in [4.69, 9.17) is 4.74 Å². The summed E-state index contributed by atoms with van der Waals surface area (Å²) >= 11 is 0. The van der Waals surface area contributed by atoms with Crippen LogP contribution in [-0.2, 0) is 11.3 Å². The highest BCUT2D eigenvalue weighted by Crippen LogP contribution is 2.15. The molecule has 0 saturated heterocycles. The Balaban J connectivity index is 0.00000450. The molecule has 2 aromatic rings. The Morgan fingerprint density at radius 1 is 1.23 bits per heavy atom. The van der Waals surface area contributed by atoms with Crippen LogP contribution in [0.5, 0.6) is 0 Å². The number of nitrogens with one attached hydrogen (secondary N) is 2. The van der Waals surface area contributed by atoms with Crippen molar-refractivity contribution in [3.63, 3.8) is 0 Å². The summed E-state index contributed by atoms with van der Waals surface area (Å²) in [7, 11) is 3.50. The van der Waals surface area contributed by atoms with E-state index in [1.54, 1.807) is 19.0 Å². The average Bonchev–Trinajstić information content (AvgIpc) is 2.66. The molecule has 0 aliphatic rings. The zero-order chi connectivity index (χ0) is 21.4. The van der Waals surface area contributed by atoms with Crippen LogP contribution < -0.4 is 10.6 Å². The maximum absolute atomic E-state index is 12.1. The molecule has 0 bridgehead atoms. The van der Waals surface area contributed by atoms with Gasteiger partial charge in [0.1, 0.15) is 5.60 Å². The quantitative estimate of drug-likeness (QED) is 0.337. The van der Waals surface area contributed by atoms with Crippen LogP contribution in [0.2, 0.25) is 0 Å². The van der Waals surface area contributed by atoms with Crippen molar-refractivity contribution in [2.45, 2.75) is 39.8 Å². The molecule has 1 unspecified atom stereocenters. The Hall–Kier alpha value is -2.10. The van der Waals surface area contributed by atoms with E-state index in [-0.39, 0.29) is 36.0 Å². The van der Waals surface area contributed by atoms with Crippen molar-refractivity contribution in [3.05, 3.63) is 42.1 Å². The molecule has 166 valence electrons. The van der Waals surface area contributed by atoms with Gasteiger partial charge in [0.05, 0.1) is 5.52 Å². The summed E-state index contributed by atoms with van der Waals surface area (Å²) in [5, 5.41) is 7.80. The molecule has 1 amide bonds. The number of carbonyl (C=O) groups excluding carboxylic acids is 1. The lowest BCUT2D eigenvalue weighted by Gasteiger charge is -2.26. The first-order valence-electron chi connectivity index (χ1n) is 9.91. The number of guanidine groups is 1. The summed E-state index contributed by atoms with van der Waals surface area (Å²) in [6, 6.07) is 10.1. The Morgan fingerprint density at radius 2 is 1.93 bits per heavy atom. The lowest BCUT2D eigenvalue weighted by Crippen LogP contribution is -2.42. The van der Waals surface area contributed by atoms with Crippen LogP contribution in [0.4, 0.5) is 4.79 Å². The van der Waals surface area contributed by atoms with Crippen LogP contribution in [0.25, 0.3) is 10.9 Å². The highest BCUT2D eigenvalue weighted by Gasteiger charge is 2.20. The van der Waals surface area contributed by atoms with Crippen LogP contribution in [0.3, 0.4) is 0 Å². The molecule has 0 aliphatic carbocycles. The number of aliphatic imine (C=N–C) groups is 1. The third-order valence-electron chi connectivity index (χ3n) is 4.32. The minimum atomic E-state index is -0.490. The van der Waals surface area contributed by atoms with Crippen LogP contribution in [0.15, 0.2) is 41.5 Å². The second kappa shape index (κ2) is 11.9. The number of hydrogen-bond donors (Lipinski definition) is 2. The van der Waals surface area contributed by atoms with E-state index in [0.717, 1.165) is 22.4 Å². The number of aromatic nitrogens is 1. The van der Waals surface area contributed by atoms with E-state index in [9.17, 15) is 4.79 Å². The standard InChI is InChI=1S/C22H33N5O2.HI/c1-16(15-27(6)21(28)29-22(2,3)4)13-25-20(23-5)26-14-17-11-12-24-19-10-8-7-9-18(17)19;/h7-12,16H,13-15H2,1-6H3,(H2,23,25,26);1H. The van der Waals surface area contributed by atoms with E-state index in [2.05, 4.69) is 33.6 Å². The van der Waals surface area contributed by atoms with Crippen molar-refractivity contribution in [2.24, 2.45) is 10.9 Å². The van der Waals surface area contributed by atoms with Gasteiger partial charge in [-0.25, -0.2) is 4.79 Å². The SMILES string of the molecule is CN=C(NCc1ccnc2ccccc12)NCC(C)CN(C)C(=O)OC(C)(C)C.I. The fourth-order valence-electron chi connectivity index (χ4n) is 2.93. The molecule has 8 heteroatoms.